The molecule has 0 amide bonds. The fraction of sp³-hybridized carbons (Fsp3) is 0.200. The van der Waals surface area contributed by atoms with Crippen molar-refractivity contribution < 1.29 is 0 Å². The van der Waals surface area contributed by atoms with Gasteiger partial charge in [0.2, 0.25) is 0 Å². The fourth-order valence-electron chi connectivity index (χ4n) is 1.75. The highest BCUT2D eigenvalue weighted by Gasteiger charge is 1.97. The van der Waals surface area contributed by atoms with Gasteiger partial charge in [0.05, 0.1) is 0 Å². The molecule has 0 bridgehead atoms. The van der Waals surface area contributed by atoms with Crippen molar-refractivity contribution >= 4 is 11.6 Å². The van der Waals surface area contributed by atoms with E-state index in [1.165, 1.54) is 16.7 Å². The second kappa shape index (κ2) is 5.85. The molecule has 0 saturated heterocycles. The summed E-state index contributed by atoms with van der Waals surface area (Å²) in [5, 5.41) is 4.22. The molecule has 0 heterocycles. The summed E-state index contributed by atoms with van der Waals surface area (Å²) >= 11 is 5.84. The summed E-state index contributed by atoms with van der Waals surface area (Å²) in [6, 6.07) is 16.4. The maximum Gasteiger partial charge on any atom is 0.0406 e. The summed E-state index contributed by atoms with van der Waals surface area (Å²) in [5.41, 5.74) is 3.93. The van der Waals surface area contributed by atoms with Crippen LogP contribution in [0.1, 0.15) is 16.7 Å². The first-order valence-electron chi connectivity index (χ1n) is 5.75. The van der Waals surface area contributed by atoms with Crippen LogP contribution in [0.15, 0.2) is 48.5 Å². The van der Waals surface area contributed by atoms with E-state index in [2.05, 4.69) is 36.5 Å². The molecule has 0 aromatic heterocycles. The van der Waals surface area contributed by atoms with E-state index in [0.717, 1.165) is 18.1 Å². The number of hydrogen-bond acceptors (Lipinski definition) is 1. The minimum Gasteiger partial charge on any atom is -0.309 e. The van der Waals surface area contributed by atoms with Gasteiger partial charge in [-0.15, -0.1) is 0 Å². The van der Waals surface area contributed by atoms with Crippen LogP contribution in [0.25, 0.3) is 0 Å². The summed E-state index contributed by atoms with van der Waals surface area (Å²) in [5.74, 6) is 0. The topological polar surface area (TPSA) is 12.0 Å². The van der Waals surface area contributed by atoms with Crippen LogP contribution in [0, 0.1) is 6.92 Å². The van der Waals surface area contributed by atoms with Crippen LogP contribution in [0.2, 0.25) is 5.02 Å². The van der Waals surface area contributed by atoms with Crippen LogP contribution < -0.4 is 5.32 Å². The van der Waals surface area contributed by atoms with Crippen molar-refractivity contribution in [1.29, 1.82) is 0 Å². The predicted octanol–water partition coefficient (Wildman–Crippen LogP) is 3.94. The molecule has 0 spiro atoms. The molecule has 88 valence electrons. The van der Waals surface area contributed by atoms with Crippen LogP contribution in [0.4, 0.5) is 0 Å². The van der Waals surface area contributed by atoms with Crippen molar-refractivity contribution in [2.45, 2.75) is 20.0 Å². The van der Waals surface area contributed by atoms with E-state index in [1.54, 1.807) is 0 Å². The number of benzene rings is 2. The Balaban J connectivity index is 1.88. The Kier molecular flexibility index (Phi) is 4.18. The lowest BCUT2D eigenvalue weighted by Crippen LogP contribution is -2.13. The second-order valence-corrected chi connectivity index (χ2v) is 4.59. The molecule has 17 heavy (non-hydrogen) atoms. The minimum absolute atomic E-state index is 0.785. The van der Waals surface area contributed by atoms with Crippen LogP contribution >= 0.6 is 11.6 Å². The van der Waals surface area contributed by atoms with E-state index in [9.17, 15) is 0 Å². The molecular weight excluding hydrogens is 230 g/mol. The van der Waals surface area contributed by atoms with E-state index in [4.69, 9.17) is 11.6 Å². The van der Waals surface area contributed by atoms with Gasteiger partial charge >= 0.3 is 0 Å². The van der Waals surface area contributed by atoms with Gasteiger partial charge in [-0.05, 0) is 35.7 Å². The molecule has 0 saturated carbocycles. The molecule has 0 aliphatic rings. The third-order valence-electron chi connectivity index (χ3n) is 2.82. The largest absolute Gasteiger partial charge is 0.309 e. The SMILES string of the molecule is Cc1ccccc1CNCc1ccc(Cl)cc1. The van der Waals surface area contributed by atoms with Crippen molar-refractivity contribution in [1.82, 2.24) is 5.32 Å². The summed E-state index contributed by atoms with van der Waals surface area (Å²) in [7, 11) is 0. The second-order valence-electron chi connectivity index (χ2n) is 4.16. The maximum atomic E-state index is 5.84. The predicted molar refractivity (Wildman–Crippen MR) is 73.2 cm³/mol. The first-order chi connectivity index (χ1) is 8.25. The van der Waals surface area contributed by atoms with Crippen molar-refractivity contribution in [3.8, 4) is 0 Å². The highest BCUT2D eigenvalue weighted by Crippen LogP contribution is 2.10. The summed E-state index contributed by atoms with van der Waals surface area (Å²) in [6.45, 7) is 3.90. The van der Waals surface area contributed by atoms with Crippen LogP contribution in [0.5, 0.6) is 0 Å². The average molecular weight is 246 g/mol. The van der Waals surface area contributed by atoms with Crippen LogP contribution in [-0.2, 0) is 13.1 Å². The molecule has 0 fully saturated rings. The summed E-state index contributed by atoms with van der Waals surface area (Å²) in [4.78, 5) is 0. The van der Waals surface area contributed by atoms with Gasteiger partial charge in [-0.2, -0.15) is 0 Å². The van der Waals surface area contributed by atoms with Crippen LogP contribution in [-0.4, -0.2) is 0 Å². The van der Waals surface area contributed by atoms with Gasteiger partial charge in [-0.1, -0.05) is 48.0 Å². The lowest BCUT2D eigenvalue weighted by atomic mass is 10.1. The number of hydrogen-bond donors (Lipinski definition) is 1. The average Bonchev–Trinajstić information content (AvgIpc) is 2.34. The Labute approximate surface area is 107 Å². The zero-order valence-electron chi connectivity index (χ0n) is 9.91. The molecule has 1 nitrogen and oxygen atoms in total. The lowest BCUT2D eigenvalue weighted by Gasteiger charge is -2.07. The molecule has 2 aromatic rings. The first kappa shape index (κ1) is 12.2. The summed E-state index contributed by atoms with van der Waals surface area (Å²) in [6.07, 6.45) is 0. The molecular formula is C15H16ClN. The van der Waals surface area contributed by atoms with Crippen LogP contribution in [0.3, 0.4) is 0 Å². The normalized spacial score (nSPS) is 10.5. The number of halogens is 1. The fourth-order valence-corrected chi connectivity index (χ4v) is 1.88. The zero-order chi connectivity index (χ0) is 12.1. The van der Waals surface area contributed by atoms with Gasteiger partial charge in [-0.25, -0.2) is 0 Å². The molecule has 1 N–H and O–H groups in total. The monoisotopic (exact) mass is 245 g/mol. The number of rotatable bonds is 4. The Bertz CT molecular complexity index is 477. The van der Waals surface area contributed by atoms with Gasteiger partial charge in [0.15, 0.2) is 0 Å². The first-order valence-corrected chi connectivity index (χ1v) is 6.13. The maximum absolute atomic E-state index is 5.84. The number of nitrogens with one attached hydrogen (secondary N) is 1. The number of aryl methyl sites for hydroxylation is 1. The van der Waals surface area contributed by atoms with Gasteiger partial charge < -0.3 is 5.32 Å². The molecule has 2 rings (SSSR count). The Morgan fingerprint density at radius 1 is 0.941 bits per heavy atom. The van der Waals surface area contributed by atoms with E-state index >= 15 is 0 Å². The van der Waals surface area contributed by atoms with Gasteiger partial charge in [0.1, 0.15) is 0 Å². The van der Waals surface area contributed by atoms with Gasteiger partial charge in [-0.3, -0.25) is 0 Å². The van der Waals surface area contributed by atoms with E-state index in [1.807, 2.05) is 24.3 Å². The smallest absolute Gasteiger partial charge is 0.0406 e. The lowest BCUT2D eigenvalue weighted by molar-refractivity contribution is 0.691. The Hall–Kier alpha value is -1.31. The summed E-state index contributed by atoms with van der Waals surface area (Å²) < 4.78 is 0. The van der Waals surface area contributed by atoms with Gasteiger partial charge in [0.25, 0.3) is 0 Å². The van der Waals surface area contributed by atoms with E-state index in [-0.39, 0.29) is 0 Å². The molecule has 2 aromatic carbocycles. The van der Waals surface area contributed by atoms with Gasteiger partial charge in [0, 0.05) is 18.1 Å². The highest BCUT2D eigenvalue weighted by atomic mass is 35.5. The van der Waals surface area contributed by atoms with E-state index < -0.39 is 0 Å². The van der Waals surface area contributed by atoms with Crippen molar-refractivity contribution in [2.75, 3.05) is 0 Å². The molecule has 0 unspecified atom stereocenters. The minimum atomic E-state index is 0.785. The van der Waals surface area contributed by atoms with E-state index in [0.29, 0.717) is 0 Å². The molecule has 0 atom stereocenters. The third-order valence-corrected chi connectivity index (χ3v) is 3.07. The molecule has 2 heteroatoms. The quantitative estimate of drug-likeness (QED) is 0.861. The van der Waals surface area contributed by atoms with Crippen molar-refractivity contribution in [3.63, 3.8) is 0 Å². The Morgan fingerprint density at radius 3 is 2.35 bits per heavy atom. The molecule has 0 aliphatic carbocycles. The van der Waals surface area contributed by atoms with Crippen molar-refractivity contribution in [2.24, 2.45) is 0 Å². The Morgan fingerprint density at radius 2 is 1.65 bits per heavy atom. The molecule has 0 aliphatic heterocycles. The highest BCUT2D eigenvalue weighted by molar-refractivity contribution is 6.30. The zero-order valence-corrected chi connectivity index (χ0v) is 10.7. The standard InChI is InChI=1S/C15H16ClN/c1-12-4-2-3-5-14(12)11-17-10-13-6-8-15(16)9-7-13/h2-9,17H,10-11H2,1H3. The van der Waals surface area contributed by atoms with Crippen molar-refractivity contribution in [3.05, 3.63) is 70.2 Å². The molecule has 0 radical (unpaired) electrons. The third kappa shape index (κ3) is 3.58.